The van der Waals surface area contributed by atoms with E-state index in [1.54, 1.807) is 25.3 Å². The molecule has 18 heavy (non-hydrogen) atoms. The molecule has 0 aliphatic carbocycles. The predicted octanol–water partition coefficient (Wildman–Crippen LogP) is 3.71. The summed E-state index contributed by atoms with van der Waals surface area (Å²) in [5, 5.41) is 4.44. The van der Waals surface area contributed by atoms with Crippen LogP contribution in [-0.4, -0.2) is 12.3 Å². The third-order valence-electron chi connectivity index (χ3n) is 2.70. The Morgan fingerprint density at radius 1 is 1.39 bits per heavy atom. The molecule has 1 aromatic carbocycles. The molecule has 0 radical (unpaired) electrons. The van der Waals surface area contributed by atoms with Crippen LogP contribution in [0.3, 0.4) is 0 Å². The van der Waals surface area contributed by atoms with E-state index in [-0.39, 0.29) is 5.92 Å². The molecule has 5 heteroatoms. The lowest BCUT2D eigenvalue weighted by molar-refractivity contribution is 0.374. The van der Waals surface area contributed by atoms with E-state index in [0.29, 0.717) is 16.6 Å². The minimum Gasteiger partial charge on any atom is -0.496 e. The van der Waals surface area contributed by atoms with E-state index < -0.39 is 0 Å². The summed E-state index contributed by atoms with van der Waals surface area (Å²) < 4.78 is 10.6. The maximum atomic E-state index is 6.03. The zero-order chi connectivity index (χ0) is 13.3. The van der Waals surface area contributed by atoms with Crippen LogP contribution in [0.2, 0.25) is 5.02 Å². The summed E-state index contributed by atoms with van der Waals surface area (Å²) in [6.07, 6.45) is 0. The molecule has 0 bridgehead atoms. The van der Waals surface area contributed by atoms with Crippen molar-refractivity contribution >= 4 is 17.4 Å². The number of ether oxygens (including phenoxy) is 1. The van der Waals surface area contributed by atoms with Gasteiger partial charge in [-0.05, 0) is 18.2 Å². The van der Waals surface area contributed by atoms with Crippen LogP contribution >= 0.6 is 11.6 Å². The lowest BCUT2D eigenvalue weighted by atomic mass is 9.99. The number of hydrogen-bond donors (Lipinski definition) is 1. The summed E-state index contributed by atoms with van der Waals surface area (Å²) in [4.78, 5) is 0. The van der Waals surface area contributed by atoms with Crippen molar-refractivity contribution in [2.75, 3.05) is 12.8 Å². The summed E-state index contributed by atoms with van der Waals surface area (Å²) in [6, 6.07) is 5.37. The van der Waals surface area contributed by atoms with Gasteiger partial charge in [-0.2, -0.15) is 0 Å². The smallest absolute Gasteiger partial charge is 0.175 e. The zero-order valence-electron chi connectivity index (χ0n) is 10.5. The van der Waals surface area contributed by atoms with Gasteiger partial charge in [0, 0.05) is 16.5 Å². The Balaban J connectivity index is 2.68. The van der Waals surface area contributed by atoms with Gasteiger partial charge in [-0.15, -0.1) is 0 Å². The number of methoxy groups -OCH3 is 1. The second-order valence-electron chi connectivity index (χ2n) is 4.31. The largest absolute Gasteiger partial charge is 0.496 e. The highest BCUT2D eigenvalue weighted by Gasteiger charge is 2.21. The molecule has 2 N–H and O–H groups in total. The molecule has 0 atom stereocenters. The van der Waals surface area contributed by atoms with Crippen LogP contribution in [0.25, 0.3) is 11.1 Å². The molecule has 4 nitrogen and oxygen atoms in total. The molecule has 1 heterocycles. The molecule has 0 spiro atoms. The molecule has 0 aliphatic heterocycles. The SMILES string of the molecule is COc1ccc(Cl)cc1-c1c(N)noc1C(C)C. The molecule has 0 unspecified atom stereocenters. The van der Waals surface area contributed by atoms with Gasteiger partial charge in [-0.1, -0.05) is 30.6 Å². The summed E-state index contributed by atoms with van der Waals surface area (Å²) in [6.45, 7) is 4.03. The molecule has 0 saturated carbocycles. The fraction of sp³-hybridized carbons (Fsp3) is 0.308. The number of anilines is 1. The number of rotatable bonds is 3. The molecule has 0 fully saturated rings. The molecule has 0 aliphatic rings. The normalized spacial score (nSPS) is 10.9. The highest BCUT2D eigenvalue weighted by molar-refractivity contribution is 6.31. The standard InChI is InChI=1S/C13H15ClN2O2/c1-7(2)12-11(13(15)16-18-12)9-6-8(14)4-5-10(9)17-3/h4-7H,1-3H3,(H2,15,16). The predicted molar refractivity (Wildman–Crippen MR) is 72.0 cm³/mol. The molecular weight excluding hydrogens is 252 g/mol. The van der Waals surface area contributed by atoms with E-state index in [2.05, 4.69) is 5.16 Å². The second kappa shape index (κ2) is 4.90. The fourth-order valence-corrected chi connectivity index (χ4v) is 2.03. The number of nitrogens with two attached hydrogens (primary N) is 1. The van der Waals surface area contributed by atoms with Gasteiger partial charge in [0.15, 0.2) is 5.82 Å². The number of nitrogens with zero attached hydrogens (tertiary/aromatic N) is 1. The molecule has 2 aromatic rings. The maximum absolute atomic E-state index is 6.03. The first-order valence-corrected chi connectivity index (χ1v) is 6.01. The Labute approximate surface area is 111 Å². The highest BCUT2D eigenvalue weighted by atomic mass is 35.5. The Bertz CT molecular complexity index is 564. The number of hydrogen-bond acceptors (Lipinski definition) is 4. The molecule has 0 saturated heterocycles. The van der Waals surface area contributed by atoms with Gasteiger partial charge in [0.1, 0.15) is 11.5 Å². The first-order valence-electron chi connectivity index (χ1n) is 5.63. The van der Waals surface area contributed by atoms with E-state index in [4.69, 9.17) is 26.6 Å². The average molecular weight is 267 g/mol. The van der Waals surface area contributed by atoms with E-state index >= 15 is 0 Å². The van der Waals surface area contributed by atoms with Crippen LogP contribution in [-0.2, 0) is 0 Å². The first-order chi connectivity index (χ1) is 8.54. The van der Waals surface area contributed by atoms with E-state index in [0.717, 1.165) is 16.9 Å². The Morgan fingerprint density at radius 2 is 2.11 bits per heavy atom. The van der Waals surface area contributed by atoms with Crippen molar-refractivity contribution < 1.29 is 9.26 Å². The Morgan fingerprint density at radius 3 is 2.72 bits per heavy atom. The summed E-state index contributed by atoms with van der Waals surface area (Å²) in [5.74, 6) is 1.94. The fourth-order valence-electron chi connectivity index (χ4n) is 1.86. The molecule has 2 rings (SSSR count). The van der Waals surface area contributed by atoms with Gasteiger partial charge >= 0.3 is 0 Å². The van der Waals surface area contributed by atoms with Crippen LogP contribution in [0.4, 0.5) is 5.82 Å². The quantitative estimate of drug-likeness (QED) is 0.920. The zero-order valence-corrected chi connectivity index (χ0v) is 11.3. The average Bonchev–Trinajstić information content (AvgIpc) is 2.71. The van der Waals surface area contributed by atoms with Crippen LogP contribution < -0.4 is 10.5 Å². The van der Waals surface area contributed by atoms with Crippen LogP contribution in [0, 0.1) is 0 Å². The van der Waals surface area contributed by atoms with E-state index in [1.165, 1.54) is 0 Å². The maximum Gasteiger partial charge on any atom is 0.175 e. The minimum absolute atomic E-state index is 0.175. The van der Waals surface area contributed by atoms with E-state index in [1.807, 2.05) is 13.8 Å². The lowest BCUT2D eigenvalue weighted by Crippen LogP contribution is -1.95. The third kappa shape index (κ3) is 2.16. The second-order valence-corrected chi connectivity index (χ2v) is 4.74. The summed E-state index contributed by atoms with van der Waals surface area (Å²) >= 11 is 6.03. The topological polar surface area (TPSA) is 61.3 Å². The molecule has 1 aromatic heterocycles. The van der Waals surface area contributed by atoms with Crippen molar-refractivity contribution in [1.82, 2.24) is 5.16 Å². The van der Waals surface area contributed by atoms with Crippen molar-refractivity contribution in [3.05, 3.63) is 29.0 Å². The first kappa shape index (κ1) is 12.8. The number of aromatic nitrogens is 1. The van der Waals surface area contributed by atoms with Crippen molar-refractivity contribution in [2.24, 2.45) is 0 Å². The van der Waals surface area contributed by atoms with Gasteiger partial charge < -0.3 is 15.0 Å². The van der Waals surface area contributed by atoms with Crippen LogP contribution in [0.5, 0.6) is 5.75 Å². The van der Waals surface area contributed by atoms with Crippen molar-refractivity contribution in [1.29, 1.82) is 0 Å². The van der Waals surface area contributed by atoms with Gasteiger partial charge in [-0.25, -0.2) is 0 Å². The van der Waals surface area contributed by atoms with Gasteiger partial charge in [0.05, 0.1) is 12.7 Å². The van der Waals surface area contributed by atoms with Crippen molar-refractivity contribution in [3.8, 4) is 16.9 Å². The number of halogens is 1. The minimum atomic E-state index is 0.175. The summed E-state index contributed by atoms with van der Waals surface area (Å²) in [7, 11) is 1.60. The molecule has 0 amide bonds. The monoisotopic (exact) mass is 266 g/mol. The lowest BCUT2D eigenvalue weighted by Gasteiger charge is -2.10. The summed E-state index contributed by atoms with van der Waals surface area (Å²) in [5.41, 5.74) is 7.43. The van der Waals surface area contributed by atoms with Gasteiger partial charge in [0.2, 0.25) is 0 Å². The van der Waals surface area contributed by atoms with Crippen molar-refractivity contribution in [2.45, 2.75) is 19.8 Å². The number of nitrogen functional groups attached to an aromatic ring is 1. The Hall–Kier alpha value is -1.68. The molecular formula is C13H15ClN2O2. The molecule has 96 valence electrons. The van der Waals surface area contributed by atoms with E-state index in [9.17, 15) is 0 Å². The van der Waals surface area contributed by atoms with Crippen LogP contribution in [0.15, 0.2) is 22.7 Å². The van der Waals surface area contributed by atoms with Gasteiger partial charge in [-0.3, -0.25) is 0 Å². The third-order valence-corrected chi connectivity index (χ3v) is 2.94. The van der Waals surface area contributed by atoms with Crippen molar-refractivity contribution in [3.63, 3.8) is 0 Å². The number of benzene rings is 1. The highest BCUT2D eigenvalue weighted by Crippen LogP contribution is 2.40. The van der Waals surface area contributed by atoms with Crippen LogP contribution in [0.1, 0.15) is 25.5 Å². The Kier molecular flexibility index (Phi) is 3.48. The van der Waals surface area contributed by atoms with Gasteiger partial charge in [0.25, 0.3) is 0 Å².